The molecule has 3 heteroatoms. The molecule has 3 rings (SSSR count). The molecular formula is C13H17NO2. The molecule has 16 heavy (non-hydrogen) atoms. The second-order valence-electron chi connectivity index (χ2n) is 4.96. The van der Waals surface area contributed by atoms with E-state index >= 15 is 0 Å². The Bertz CT molecular complexity index is 408. The monoisotopic (exact) mass is 219 g/mol. The van der Waals surface area contributed by atoms with E-state index in [4.69, 9.17) is 9.47 Å². The molecule has 0 spiro atoms. The van der Waals surface area contributed by atoms with E-state index in [1.54, 1.807) is 0 Å². The topological polar surface area (TPSA) is 30.5 Å². The summed E-state index contributed by atoms with van der Waals surface area (Å²) in [4.78, 5) is 0. The summed E-state index contributed by atoms with van der Waals surface area (Å²) in [6.45, 7) is 4.98. The Morgan fingerprint density at radius 1 is 1.25 bits per heavy atom. The minimum Gasteiger partial charge on any atom is -0.449 e. The van der Waals surface area contributed by atoms with E-state index in [2.05, 4.69) is 17.4 Å². The lowest BCUT2D eigenvalue weighted by molar-refractivity contribution is -0.0431. The van der Waals surface area contributed by atoms with Gasteiger partial charge in [0.1, 0.15) is 0 Å². The van der Waals surface area contributed by atoms with Crippen molar-refractivity contribution in [2.24, 2.45) is 0 Å². The molecule has 0 saturated carbocycles. The molecule has 0 aromatic heterocycles. The molecule has 1 aromatic carbocycles. The van der Waals surface area contributed by atoms with Crippen LogP contribution in [0.1, 0.15) is 38.3 Å². The molecule has 0 radical (unpaired) electrons. The smallest absolute Gasteiger partial charge is 0.246 e. The highest BCUT2D eigenvalue weighted by Crippen LogP contribution is 2.41. The first kappa shape index (κ1) is 9.97. The van der Waals surface area contributed by atoms with Gasteiger partial charge in [0.15, 0.2) is 11.5 Å². The maximum atomic E-state index is 5.74. The molecule has 1 unspecified atom stereocenters. The van der Waals surface area contributed by atoms with Gasteiger partial charge in [0, 0.05) is 19.9 Å². The normalized spacial score (nSPS) is 26.0. The number of rotatable bonds is 1. The fourth-order valence-electron chi connectivity index (χ4n) is 2.42. The van der Waals surface area contributed by atoms with E-state index in [-0.39, 0.29) is 0 Å². The van der Waals surface area contributed by atoms with Gasteiger partial charge in [-0.05, 0) is 37.1 Å². The number of benzene rings is 1. The average molecular weight is 219 g/mol. The Balaban J connectivity index is 1.89. The summed E-state index contributed by atoms with van der Waals surface area (Å²) in [6, 6.07) is 6.73. The molecule has 3 nitrogen and oxygen atoms in total. The van der Waals surface area contributed by atoms with Crippen molar-refractivity contribution < 1.29 is 9.47 Å². The predicted octanol–water partition coefficient (Wildman–Crippen LogP) is 2.62. The lowest BCUT2D eigenvalue weighted by atomic mass is 10.1. The zero-order chi connectivity index (χ0) is 11.2. The van der Waals surface area contributed by atoms with Gasteiger partial charge in [-0.15, -0.1) is 0 Å². The zero-order valence-corrected chi connectivity index (χ0v) is 9.75. The van der Waals surface area contributed by atoms with Crippen LogP contribution in [0.15, 0.2) is 18.2 Å². The Morgan fingerprint density at radius 2 is 2.06 bits per heavy atom. The maximum Gasteiger partial charge on any atom is 0.246 e. The van der Waals surface area contributed by atoms with Crippen molar-refractivity contribution in [1.82, 2.24) is 5.32 Å². The van der Waals surface area contributed by atoms with Crippen molar-refractivity contribution in [3.63, 3.8) is 0 Å². The summed E-state index contributed by atoms with van der Waals surface area (Å²) < 4.78 is 11.4. The van der Waals surface area contributed by atoms with Crippen molar-refractivity contribution >= 4 is 0 Å². The van der Waals surface area contributed by atoms with Crippen molar-refractivity contribution in [1.29, 1.82) is 0 Å². The SMILES string of the molecule is CC1(C)Oc2ccc(C3CCCN3)cc2O1. The first-order valence-electron chi connectivity index (χ1n) is 5.89. The summed E-state index contributed by atoms with van der Waals surface area (Å²) in [5.41, 5.74) is 1.30. The minimum absolute atomic E-state index is 0.484. The van der Waals surface area contributed by atoms with Gasteiger partial charge in [0.05, 0.1) is 0 Å². The fourth-order valence-corrected chi connectivity index (χ4v) is 2.42. The highest BCUT2D eigenvalue weighted by Gasteiger charge is 2.32. The van der Waals surface area contributed by atoms with E-state index in [1.807, 2.05) is 19.9 Å². The fraction of sp³-hybridized carbons (Fsp3) is 0.538. The van der Waals surface area contributed by atoms with E-state index in [1.165, 1.54) is 18.4 Å². The van der Waals surface area contributed by atoms with E-state index in [9.17, 15) is 0 Å². The molecule has 1 atom stereocenters. The Hall–Kier alpha value is -1.22. The molecular weight excluding hydrogens is 202 g/mol. The van der Waals surface area contributed by atoms with Crippen LogP contribution in [-0.2, 0) is 0 Å². The van der Waals surface area contributed by atoms with Gasteiger partial charge >= 0.3 is 0 Å². The van der Waals surface area contributed by atoms with Crippen LogP contribution in [0, 0.1) is 0 Å². The van der Waals surface area contributed by atoms with Gasteiger partial charge < -0.3 is 14.8 Å². The van der Waals surface area contributed by atoms with E-state index < -0.39 is 5.79 Å². The second kappa shape index (κ2) is 3.39. The van der Waals surface area contributed by atoms with Crippen LogP contribution in [-0.4, -0.2) is 12.3 Å². The average Bonchev–Trinajstić information content (AvgIpc) is 2.80. The molecule has 2 aliphatic rings. The third-order valence-electron chi connectivity index (χ3n) is 3.14. The highest BCUT2D eigenvalue weighted by atomic mass is 16.7. The predicted molar refractivity (Wildman–Crippen MR) is 61.8 cm³/mol. The third-order valence-corrected chi connectivity index (χ3v) is 3.14. The first-order chi connectivity index (χ1) is 7.64. The molecule has 0 amide bonds. The van der Waals surface area contributed by atoms with Crippen LogP contribution in [0.25, 0.3) is 0 Å². The van der Waals surface area contributed by atoms with Crippen molar-refractivity contribution in [3.8, 4) is 11.5 Å². The van der Waals surface area contributed by atoms with Gasteiger partial charge in [-0.2, -0.15) is 0 Å². The van der Waals surface area contributed by atoms with Gasteiger partial charge in [-0.25, -0.2) is 0 Å². The molecule has 0 bridgehead atoms. The largest absolute Gasteiger partial charge is 0.449 e. The van der Waals surface area contributed by atoms with Crippen LogP contribution in [0.5, 0.6) is 11.5 Å². The number of hydrogen-bond acceptors (Lipinski definition) is 3. The van der Waals surface area contributed by atoms with Crippen LogP contribution in [0.3, 0.4) is 0 Å². The molecule has 1 aromatic rings. The summed E-state index contributed by atoms with van der Waals surface area (Å²) in [5, 5.41) is 3.49. The third kappa shape index (κ3) is 1.65. The van der Waals surface area contributed by atoms with Gasteiger partial charge in [-0.3, -0.25) is 0 Å². The summed E-state index contributed by atoms with van der Waals surface area (Å²) >= 11 is 0. The molecule has 86 valence electrons. The standard InChI is InChI=1S/C13H17NO2/c1-13(2)15-11-6-5-9(8-12(11)16-13)10-4-3-7-14-10/h5-6,8,10,14H,3-4,7H2,1-2H3. The lowest BCUT2D eigenvalue weighted by Crippen LogP contribution is -2.29. The quantitative estimate of drug-likeness (QED) is 0.787. The first-order valence-corrected chi connectivity index (χ1v) is 5.89. The van der Waals surface area contributed by atoms with E-state index in [0.717, 1.165) is 18.0 Å². The molecule has 1 saturated heterocycles. The van der Waals surface area contributed by atoms with Crippen LogP contribution >= 0.6 is 0 Å². The van der Waals surface area contributed by atoms with Crippen LogP contribution in [0.2, 0.25) is 0 Å². The number of ether oxygens (including phenoxy) is 2. The highest BCUT2D eigenvalue weighted by molar-refractivity contribution is 5.46. The van der Waals surface area contributed by atoms with Gasteiger partial charge in [0.25, 0.3) is 0 Å². The molecule has 2 heterocycles. The summed E-state index contributed by atoms with van der Waals surface area (Å²) in [5.74, 6) is 1.20. The maximum absolute atomic E-state index is 5.74. The van der Waals surface area contributed by atoms with E-state index in [0.29, 0.717) is 6.04 Å². The lowest BCUT2D eigenvalue weighted by Gasteiger charge is -2.16. The van der Waals surface area contributed by atoms with Crippen LogP contribution < -0.4 is 14.8 Å². The molecule has 1 fully saturated rings. The minimum atomic E-state index is -0.524. The molecule has 2 aliphatic heterocycles. The Labute approximate surface area is 95.8 Å². The Morgan fingerprint density at radius 3 is 2.81 bits per heavy atom. The number of fused-ring (bicyclic) bond motifs is 1. The zero-order valence-electron chi connectivity index (χ0n) is 9.75. The number of nitrogens with one attached hydrogen (secondary N) is 1. The van der Waals surface area contributed by atoms with Crippen molar-refractivity contribution in [2.75, 3.05) is 6.54 Å². The van der Waals surface area contributed by atoms with Crippen molar-refractivity contribution in [2.45, 2.75) is 38.5 Å². The van der Waals surface area contributed by atoms with Crippen molar-refractivity contribution in [3.05, 3.63) is 23.8 Å². The second-order valence-corrected chi connectivity index (χ2v) is 4.96. The van der Waals surface area contributed by atoms with Gasteiger partial charge in [-0.1, -0.05) is 6.07 Å². The summed E-state index contributed by atoms with van der Waals surface area (Å²) in [6.07, 6.45) is 2.47. The van der Waals surface area contributed by atoms with Crippen LogP contribution in [0.4, 0.5) is 0 Å². The Kier molecular flexibility index (Phi) is 2.11. The molecule has 1 N–H and O–H groups in total. The number of hydrogen-bond donors (Lipinski definition) is 1. The van der Waals surface area contributed by atoms with Gasteiger partial charge in [0.2, 0.25) is 5.79 Å². The summed E-state index contributed by atoms with van der Waals surface area (Å²) in [7, 11) is 0. The molecule has 0 aliphatic carbocycles.